The first-order valence-electron chi connectivity index (χ1n) is 8.54. The maximum absolute atomic E-state index is 14.0. The van der Waals surface area contributed by atoms with Gasteiger partial charge in [0.2, 0.25) is 0 Å². The molecule has 4 rings (SSSR count). The van der Waals surface area contributed by atoms with E-state index >= 15 is 0 Å². The second kappa shape index (κ2) is 7.19. The van der Waals surface area contributed by atoms with Gasteiger partial charge in [-0.15, -0.1) is 11.3 Å². The summed E-state index contributed by atoms with van der Waals surface area (Å²) >= 11 is 1.74. The molecule has 0 bridgehead atoms. The van der Waals surface area contributed by atoms with Crippen LogP contribution in [0, 0.1) is 0 Å². The third kappa shape index (κ3) is 3.73. The van der Waals surface area contributed by atoms with Crippen LogP contribution in [-0.4, -0.2) is 56.5 Å². The Kier molecular flexibility index (Phi) is 4.78. The van der Waals surface area contributed by atoms with E-state index in [9.17, 15) is 4.39 Å². The van der Waals surface area contributed by atoms with Crippen LogP contribution in [0.3, 0.4) is 0 Å². The Labute approximate surface area is 150 Å². The van der Waals surface area contributed by atoms with E-state index in [0.717, 1.165) is 31.0 Å². The lowest BCUT2D eigenvalue weighted by atomic mass is 10.2. The van der Waals surface area contributed by atoms with Crippen LogP contribution < -0.4 is 0 Å². The molecule has 1 aliphatic rings. The third-order valence-electron chi connectivity index (χ3n) is 4.76. The lowest BCUT2D eigenvalue weighted by Gasteiger charge is -2.28. The fourth-order valence-electron chi connectivity index (χ4n) is 3.62. The summed E-state index contributed by atoms with van der Waals surface area (Å²) in [4.78, 5) is 14.3. The quantitative estimate of drug-likeness (QED) is 0.678. The van der Waals surface area contributed by atoms with Crippen molar-refractivity contribution in [3.8, 4) is 0 Å². The number of hydrogen-bond acceptors (Lipinski definition) is 5. The van der Waals surface area contributed by atoms with Gasteiger partial charge >= 0.3 is 0 Å². The van der Waals surface area contributed by atoms with E-state index in [1.165, 1.54) is 4.88 Å². The van der Waals surface area contributed by atoms with Gasteiger partial charge in [-0.3, -0.25) is 19.2 Å². The van der Waals surface area contributed by atoms with Gasteiger partial charge in [0, 0.05) is 49.5 Å². The monoisotopic (exact) mass is 359 g/mol. The molecule has 0 amide bonds. The molecule has 7 heteroatoms. The van der Waals surface area contributed by atoms with Crippen LogP contribution in [0.5, 0.6) is 0 Å². The third-order valence-corrected chi connectivity index (χ3v) is 5.63. The number of thiophene rings is 1. The number of alkyl halides is 1. The number of halogens is 1. The molecule has 0 unspecified atom stereocenters. The summed E-state index contributed by atoms with van der Waals surface area (Å²) in [6.45, 7) is 3.02. The van der Waals surface area contributed by atoms with Crippen LogP contribution in [-0.2, 0) is 13.1 Å². The molecule has 0 aliphatic carbocycles. The highest BCUT2D eigenvalue weighted by Crippen LogP contribution is 2.25. The van der Waals surface area contributed by atoms with Crippen LogP contribution >= 0.6 is 11.3 Å². The Hall–Kier alpha value is -1.83. The molecule has 25 heavy (non-hydrogen) atoms. The second-order valence-electron chi connectivity index (χ2n) is 6.75. The van der Waals surface area contributed by atoms with E-state index < -0.39 is 6.17 Å². The zero-order chi connectivity index (χ0) is 17.2. The summed E-state index contributed by atoms with van der Waals surface area (Å²) in [5.74, 6) is 0. The highest BCUT2D eigenvalue weighted by molar-refractivity contribution is 7.09. The lowest BCUT2D eigenvalue weighted by Crippen LogP contribution is -2.38. The predicted molar refractivity (Wildman–Crippen MR) is 97.4 cm³/mol. The molecule has 1 aliphatic heterocycles. The first-order chi connectivity index (χ1) is 12.2. The number of likely N-dealkylation sites (N-methyl/N-ethyl adjacent to an activating group) is 1. The van der Waals surface area contributed by atoms with Crippen molar-refractivity contribution < 1.29 is 4.39 Å². The number of nitrogens with zero attached hydrogens (tertiary/aromatic N) is 5. The largest absolute Gasteiger partial charge is 0.300 e. The fraction of sp³-hybridized carbons (Fsp3) is 0.444. The molecule has 0 N–H and O–H groups in total. The molecule has 3 aromatic heterocycles. The Morgan fingerprint density at radius 2 is 2.32 bits per heavy atom. The maximum atomic E-state index is 14.0. The molecule has 0 saturated carbocycles. The normalized spacial score (nSPS) is 21.6. The number of rotatable bonds is 6. The number of hydrogen-bond donors (Lipinski definition) is 0. The molecule has 1 saturated heterocycles. The minimum Gasteiger partial charge on any atom is -0.300 e. The van der Waals surface area contributed by atoms with Gasteiger partial charge in [0.05, 0.1) is 18.1 Å². The van der Waals surface area contributed by atoms with E-state index in [1.807, 2.05) is 12.4 Å². The maximum Gasteiger partial charge on any atom is 0.155 e. The Morgan fingerprint density at radius 1 is 1.40 bits per heavy atom. The van der Waals surface area contributed by atoms with Gasteiger partial charge in [-0.25, -0.2) is 9.37 Å². The van der Waals surface area contributed by atoms with Crippen molar-refractivity contribution in [1.29, 1.82) is 0 Å². The van der Waals surface area contributed by atoms with Gasteiger partial charge in [0.15, 0.2) is 5.65 Å². The van der Waals surface area contributed by atoms with Crippen molar-refractivity contribution in [3.63, 3.8) is 0 Å². The van der Waals surface area contributed by atoms with Gasteiger partial charge in [0.25, 0.3) is 0 Å². The molecule has 3 aromatic rings. The van der Waals surface area contributed by atoms with Gasteiger partial charge in [-0.05, 0) is 24.9 Å². The average molecular weight is 359 g/mol. The Balaban J connectivity index is 1.41. The minimum absolute atomic E-state index is 0.253. The Morgan fingerprint density at radius 3 is 3.16 bits per heavy atom. The number of aromatic nitrogens is 3. The van der Waals surface area contributed by atoms with Crippen molar-refractivity contribution in [3.05, 3.63) is 52.9 Å². The summed E-state index contributed by atoms with van der Waals surface area (Å²) in [5.41, 5.74) is 1.98. The van der Waals surface area contributed by atoms with Crippen molar-refractivity contribution in [2.24, 2.45) is 0 Å². The van der Waals surface area contributed by atoms with Crippen molar-refractivity contribution in [1.82, 2.24) is 24.2 Å². The summed E-state index contributed by atoms with van der Waals surface area (Å²) in [6.07, 6.45) is 7.25. The molecule has 1 fully saturated rings. The molecule has 5 nitrogen and oxygen atoms in total. The summed E-state index contributed by atoms with van der Waals surface area (Å²) in [6, 6.07) is 4.44. The van der Waals surface area contributed by atoms with Gasteiger partial charge in [0.1, 0.15) is 6.17 Å². The number of fused-ring (bicyclic) bond motifs is 1. The zero-order valence-corrected chi connectivity index (χ0v) is 15.1. The van der Waals surface area contributed by atoms with E-state index in [-0.39, 0.29) is 6.04 Å². The smallest absolute Gasteiger partial charge is 0.155 e. The van der Waals surface area contributed by atoms with E-state index in [2.05, 4.69) is 48.7 Å². The van der Waals surface area contributed by atoms with E-state index in [0.29, 0.717) is 13.0 Å². The molecule has 132 valence electrons. The first kappa shape index (κ1) is 16.6. The highest BCUT2D eigenvalue weighted by Gasteiger charge is 2.32. The fourth-order valence-corrected chi connectivity index (χ4v) is 4.35. The average Bonchev–Trinajstić information content (AvgIpc) is 3.31. The van der Waals surface area contributed by atoms with Gasteiger partial charge in [-0.2, -0.15) is 0 Å². The molecular formula is C18H22FN5S. The molecule has 0 aromatic carbocycles. The van der Waals surface area contributed by atoms with Gasteiger partial charge in [-0.1, -0.05) is 6.07 Å². The predicted octanol–water partition coefficient (Wildman–Crippen LogP) is 2.84. The van der Waals surface area contributed by atoms with E-state index in [4.69, 9.17) is 0 Å². The van der Waals surface area contributed by atoms with Crippen LogP contribution in [0.15, 0.2) is 42.3 Å². The number of likely N-dealkylation sites (tertiary alicyclic amines) is 1. The minimum atomic E-state index is -0.722. The molecule has 4 heterocycles. The lowest BCUT2D eigenvalue weighted by molar-refractivity contribution is 0.181. The topological polar surface area (TPSA) is 36.7 Å². The highest BCUT2D eigenvalue weighted by atomic mass is 32.1. The summed E-state index contributed by atoms with van der Waals surface area (Å²) < 4.78 is 16.1. The van der Waals surface area contributed by atoms with E-state index in [1.54, 1.807) is 23.7 Å². The van der Waals surface area contributed by atoms with Crippen LogP contribution in [0.2, 0.25) is 0 Å². The second-order valence-corrected chi connectivity index (χ2v) is 7.78. The van der Waals surface area contributed by atoms with Gasteiger partial charge < -0.3 is 0 Å². The number of imidazole rings is 1. The first-order valence-corrected chi connectivity index (χ1v) is 9.42. The van der Waals surface area contributed by atoms with Crippen LogP contribution in [0.25, 0.3) is 5.65 Å². The van der Waals surface area contributed by atoms with Crippen LogP contribution in [0.4, 0.5) is 4.39 Å². The van der Waals surface area contributed by atoms with Crippen molar-refractivity contribution >= 4 is 17.0 Å². The van der Waals surface area contributed by atoms with Crippen LogP contribution in [0.1, 0.15) is 17.0 Å². The molecule has 2 atom stereocenters. The standard InChI is InChI=1S/C18H22FN5S/c1-22(12-16-8-21-18-9-20-4-5-24(16)18)11-15-7-14(19)10-23(15)13-17-3-2-6-25-17/h2-6,8-9,14-15H,7,10-13H2,1H3/t14-,15-/m0/s1. The summed E-state index contributed by atoms with van der Waals surface area (Å²) in [7, 11) is 2.09. The molecule has 0 spiro atoms. The summed E-state index contributed by atoms with van der Waals surface area (Å²) in [5, 5.41) is 2.08. The van der Waals surface area contributed by atoms with Crippen molar-refractivity contribution in [2.75, 3.05) is 20.1 Å². The SMILES string of the molecule is CN(Cc1cnc2cnccn12)C[C@@H]1C[C@H](F)CN1Cc1cccs1. The Bertz CT molecular complexity index is 818. The molecular weight excluding hydrogens is 337 g/mol. The van der Waals surface area contributed by atoms with Crippen molar-refractivity contribution in [2.45, 2.75) is 31.7 Å². The molecule has 0 radical (unpaired) electrons. The zero-order valence-electron chi connectivity index (χ0n) is 14.3.